The molecule has 1 heterocycles. The van der Waals surface area contributed by atoms with E-state index in [2.05, 4.69) is 0 Å². The standard InChI is InChI=1S/C21H27NO4/c1-7-21(14(2)23,15(3)24)13-17-12-16-10-8-9-11-18(16)22(17)19(25)26-20(4,5)6/h8-12H,7,13H2,1-6H3. The smallest absolute Gasteiger partial charge is 0.419 e. The predicted molar refractivity (Wildman–Crippen MR) is 101 cm³/mol. The minimum atomic E-state index is -1.13. The van der Waals surface area contributed by atoms with E-state index in [1.165, 1.54) is 18.4 Å². The zero-order chi connectivity index (χ0) is 19.7. The molecule has 5 nitrogen and oxygen atoms in total. The van der Waals surface area contributed by atoms with E-state index in [0.717, 1.165) is 5.39 Å². The van der Waals surface area contributed by atoms with Crippen LogP contribution in [0.1, 0.15) is 53.7 Å². The summed E-state index contributed by atoms with van der Waals surface area (Å²) in [4.78, 5) is 37.5. The molecule has 26 heavy (non-hydrogen) atoms. The lowest BCUT2D eigenvalue weighted by Gasteiger charge is -2.28. The Morgan fingerprint density at radius 3 is 2.12 bits per heavy atom. The van der Waals surface area contributed by atoms with Crippen molar-refractivity contribution in [2.75, 3.05) is 0 Å². The number of hydrogen-bond donors (Lipinski definition) is 0. The molecule has 140 valence electrons. The van der Waals surface area contributed by atoms with Crippen molar-refractivity contribution >= 4 is 28.6 Å². The number of ketones is 2. The predicted octanol–water partition coefficient (Wildman–Crippen LogP) is 4.54. The number of carbonyl (C=O) groups excluding carboxylic acids is 3. The van der Waals surface area contributed by atoms with E-state index < -0.39 is 17.1 Å². The Morgan fingerprint density at radius 2 is 1.62 bits per heavy atom. The maximum Gasteiger partial charge on any atom is 0.419 e. The highest BCUT2D eigenvalue weighted by Crippen LogP contribution is 2.32. The highest BCUT2D eigenvalue weighted by Gasteiger charge is 2.40. The molecular formula is C21H27NO4. The van der Waals surface area contributed by atoms with Crippen LogP contribution in [0.5, 0.6) is 0 Å². The lowest BCUT2D eigenvalue weighted by Crippen LogP contribution is -2.39. The number of fused-ring (bicyclic) bond motifs is 1. The van der Waals surface area contributed by atoms with Gasteiger partial charge < -0.3 is 4.74 Å². The normalized spacial score (nSPS) is 12.2. The molecule has 0 bridgehead atoms. The molecule has 0 saturated carbocycles. The summed E-state index contributed by atoms with van der Waals surface area (Å²) in [6, 6.07) is 9.31. The fourth-order valence-corrected chi connectivity index (χ4v) is 3.29. The first-order valence-corrected chi connectivity index (χ1v) is 8.86. The summed E-state index contributed by atoms with van der Waals surface area (Å²) in [5.41, 5.74) is -0.474. The number of carbonyl (C=O) groups is 3. The van der Waals surface area contributed by atoms with Crippen LogP contribution in [-0.2, 0) is 20.7 Å². The SMILES string of the molecule is CCC(Cc1cc2ccccc2n1C(=O)OC(C)(C)C)(C(C)=O)C(C)=O. The van der Waals surface area contributed by atoms with Gasteiger partial charge in [-0.05, 0) is 53.2 Å². The third kappa shape index (κ3) is 3.71. The second-order valence-electron chi connectivity index (χ2n) is 7.74. The van der Waals surface area contributed by atoms with Gasteiger partial charge >= 0.3 is 6.09 Å². The fourth-order valence-electron chi connectivity index (χ4n) is 3.29. The summed E-state index contributed by atoms with van der Waals surface area (Å²) < 4.78 is 7.04. The molecule has 2 aromatic rings. The maximum absolute atomic E-state index is 12.8. The third-order valence-electron chi connectivity index (χ3n) is 4.80. The number of Topliss-reactive ketones (excluding diaryl/α,β-unsaturated/α-hetero) is 2. The first kappa shape index (κ1) is 19.9. The summed E-state index contributed by atoms with van der Waals surface area (Å²) in [6.07, 6.45) is 0.0427. The largest absolute Gasteiger partial charge is 0.443 e. The van der Waals surface area contributed by atoms with E-state index in [1.807, 2.05) is 37.3 Å². The number of ether oxygens (including phenoxy) is 1. The van der Waals surface area contributed by atoms with Crippen LogP contribution < -0.4 is 0 Å². The van der Waals surface area contributed by atoms with Crippen molar-refractivity contribution in [3.8, 4) is 0 Å². The molecule has 0 aliphatic rings. The molecule has 0 aliphatic carbocycles. The minimum absolute atomic E-state index is 0.169. The van der Waals surface area contributed by atoms with E-state index in [4.69, 9.17) is 4.74 Å². The highest BCUT2D eigenvalue weighted by atomic mass is 16.6. The van der Waals surface area contributed by atoms with Gasteiger partial charge in [0.1, 0.15) is 17.2 Å². The number of rotatable bonds is 5. The number of benzene rings is 1. The van der Waals surface area contributed by atoms with E-state index in [1.54, 1.807) is 20.8 Å². The van der Waals surface area contributed by atoms with Gasteiger partial charge in [-0.2, -0.15) is 0 Å². The average molecular weight is 357 g/mol. The molecule has 0 atom stereocenters. The van der Waals surface area contributed by atoms with Crippen molar-refractivity contribution in [2.24, 2.45) is 5.41 Å². The molecule has 2 rings (SSSR count). The van der Waals surface area contributed by atoms with Crippen molar-refractivity contribution in [1.82, 2.24) is 4.57 Å². The number of para-hydroxylation sites is 1. The molecule has 1 aromatic heterocycles. The lowest BCUT2D eigenvalue weighted by atomic mass is 9.74. The molecule has 0 radical (unpaired) electrons. The molecule has 0 saturated heterocycles. The highest BCUT2D eigenvalue weighted by molar-refractivity contribution is 6.05. The van der Waals surface area contributed by atoms with Crippen molar-refractivity contribution < 1.29 is 19.1 Å². The van der Waals surface area contributed by atoms with Crippen LogP contribution in [0.25, 0.3) is 10.9 Å². The molecular weight excluding hydrogens is 330 g/mol. The average Bonchev–Trinajstić information content (AvgIpc) is 2.88. The molecule has 0 spiro atoms. The molecule has 0 amide bonds. The molecule has 0 N–H and O–H groups in total. The van der Waals surface area contributed by atoms with Crippen LogP contribution in [0, 0.1) is 5.41 Å². The number of aromatic nitrogens is 1. The van der Waals surface area contributed by atoms with Gasteiger partial charge in [0.25, 0.3) is 0 Å². The Hall–Kier alpha value is -2.43. The Kier molecular flexibility index (Phi) is 5.40. The first-order chi connectivity index (χ1) is 12.0. The Morgan fingerprint density at radius 1 is 1.04 bits per heavy atom. The van der Waals surface area contributed by atoms with Gasteiger partial charge in [-0.3, -0.25) is 9.59 Å². The van der Waals surface area contributed by atoms with Crippen molar-refractivity contribution in [2.45, 2.75) is 60.0 Å². The van der Waals surface area contributed by atoms with Crippen LogP contribution >= 0.6 is 0 Å². The van der Waals surface area contributed by atoms with Gasteiger partial charge in [-0.1, -0.05) is 25.1 Å². The Balaban J connectivity index is 2.63. The van der Waals surface area contributed by atoms with Gasteiger partial charge in [0.2, 0.25) is 0 Å². The monoisotopic (exact) mass is 357 g/mol. The topological polar surface area (TPSA) is 65.4 Å². The van der Waals surface area contributed by atoms with Gasteiger partial charge in [0.05, 0.1) is 10.9 Å². The zero-order valence-corrected chi connectivity index (χ0v) is 16.4. The van der Waals surface area contributed by atoms with E-state index >= 15 is 0 Å². The second-order valence-corrected chi connectivity index (χ2v) is 7.74. The third-order valence-corrected chi connectivity index (χ3v) is 4.80. The van der Waals surface area contributed by atoms with Crippen LogP contribution in [-0.4, -0.2) is 27.8 Å². The van der Waals surface area contributed by atoms with E-state index in [9.17, 15) is 14.4 Å². The summed E-state index contributed by atoms with van der Waals surface area (Å²) in [7, 11) is 0. The van der Waals surface area contributed by atoms with Gasteiger partial charge in [0.15, 0.2) is 0 Å². The molecule has 0 fully saturated rings. The summed E-state index contributed by atoms with van der Waals surface area (Å²) in [5, 5.41) is 0.866. The Bertz CT molecular complexity index is 841. The molecule has 5 heteroatoms. The molecule has 0 aliphatic heterocycles. The van der Waals surface area contributed by atoms with E-state index in [0.29, 0.717) is 17.6 Å². The molecule has 0 unspecified atom stereocenters. The molecule has 1 aromatic carbocycles. The summed E-state index contributed by atoms with van der Waals surface area (Å²) >= 11 is 0. The Labute approximate surface area is 154 Å². The first-order valence-electron chi connectivity index (χ1n) is 8.86. The number of nitrogens with zero attached hydrogens (tertiary/aromatic N) is 1. The van der Waals surface area contributed by atoms with Crippen molar-refractivity contribution in [1.29, 1.82) is 0 Å². The second kappa shape index (κ2) is 7.06. The maximum atomic E-state index is 12.8. The quantitative estimate of drug-likeness (QED) is 0.737. The summed E-state index contributed by atoms with van der Waals surface area (Å²) in [6.45, 7) is 10.1. The van der Waals surface area contributed by atoms with Crippen LogP contribution in [0.2, 0.25) is 0 Å². The van der Waals surface area contributed by atoms with E-state index in [-0.39, 0.29) is 18.0 Å². The van der Waals surface area contributed by atoms with Gasteiger partial charge in [-0.15, -0.1) is 0 Å². The summed E-state index contributed by atoms with van der Waals surface area (Å²) in [5.74, 6) is -0.373. The van der Waals surface area contributed by atoms with Crippen LogP contribution in [0.15, 0.2) is 30.3 Å². The van der Waals surface area contributed by atoms with Gasteiger partial charge in [-0.25, -0.2) is 9.36 Å². The number of hydrogen-bond acceptors (Lipinski definition) is 4. The fraction of sp³-hybridized carbons (Fsp3) is 0.476. The van der Waals surface area contributed by atoms with Crippen molar-refractivity contribution in [3.05, 3.63) is 36.0 Å². The van der Waals surface area contributed by atoms with Crippen LogP contribution in [0.4, 0.5) is 4.79 Å². The van der Waals surface area contributed by atoms with Crippen LogP contribution in [0.3, 0.4) is 0 Å². The lowest BCUT2D eigenvalue weighted by molar-refractivity contribution is -0.138. The van der Waals surface area contributed by atoms with Gasteiger partial charge in [0, 0.05) is 17.5 Å². The zero-order valence-electron chi connectivity index (χ0n) is 16.4. The minimum Gasteiger partial charge on any atom is -0.443 e. The van der Waals surface area contributed by atoms with Crippen molar-refractivity contribution in [3.63, 3.8) is 0 Å².